The molecular formula is C22H17NO. The maximum atomic E-state index is 13.3. The van der Waals surface area contributed by atoms with Crippen LogP contribution in [0.25, 0.3) is 5.57 Å². The highest BCUT2D eigenvalue weighted by Crippen LogP contribution is 2.46. The molecule has 0 aliphatic heterocycles. The van der Waals surface area contributed by atoms with Crippen molar-refractivity contribution in [2.45, 2.75) is 5.54 Å². The van der Waals surface area contributed by atoms with E-state index in [2.05, 4.69) is 11.9 Å². The number of carbonyl (C=O) groups is 1. The number of rotatable bonds is 3. The molecule has 0 aromatic heterocycles. The summed E-state index contributed by atoms with van der Waals surface area (Å²) in [6.45, 7) is 4.05. The van der Waals surface area contributed by atoms with Crippen molar-refractivity contribution in [3.8, 4) is 0 Å². The molecule has 0 heterocycles. The number of ketones is 1. The van der Waals surface area contributed by atoms with Crippen LogP contribution >= 0.6 is 0 Å². The molecule has 0 saturated heterocycles. The van der Waals surface area contributed by atoms with Crippen LogP contribution in [0.4, 0.5) is 5.69 Å². The highest BCUT2D eigenvalue weighted by atomic mass is 16.1. The van der Waals surface area contributed by atoms with Gasteiger partial charge in [0.05, 0.1) is 0 Å². The van der Waals surface area contributed by atoms with Crippen LogP contribution in [0, 0.1) is 0 Å². The molecule has 3 aromatic rings. The first-order valence-corrected chi connectivity index (χ1v) is 7.96. The smallest absolute Gasteiger partial charge is 0.197 e. The summed E-state index contributed by atoms with van der Waals surface area (Å²) < 4.78 is 0. The van der Waals surface area contributed by atoms with Gasteiger partial charge in [-0.1, -0.05) is 79.4 Å². The van der Waals surface area contributed by atoms with Crippen LogP contribution in [-0.2, 0) is 10.3 Å². The average Bonchev–Trinajstić information content (AvgIpc) is 2.86. The van der Waals surface area contributed by atoms with Gasteiger partial charge in [0.1, 0.15) is 0 Å². The fourth-order valence-electron chi connectivity index (χ4n) is 3.45. The first kappa shape index (κ1) is 14.5. The van der Waals surface area contributed by atoms with Crippen molar-refractivity contribution in [2.75, 3.05) is 5.32 Å². The lowest BCUT2D eigenvalue weighted by atomic mass is 9.82. The van der Waals surface area contributed by atoms with Crippen LogP contribution in [-0.4, -0.2) is 5.78 Å². The molecule has 116 valence electrons. The summed E-state index contributed by atoms with van der Waals surface area (Å²) in [7, 11) is 0. The Morgan fingerprint density at radius 1 is 0.750 bits per heavy atom. The zero-order valence-corrected chi connectivity index (χ0v) is 13.2. The molecule has 2 heteroatoms. The first-order chi connectivity index (χ1) is 11.7. The van der Waals surface area contributed by atoms with Crippen LogP contribution in [0.2, 0.25) is 0 Å². The van der Waals surface area contributed by atoms with E-state index in [0.29, 0.717) is 5.57 Å². The van der Waals surface area contributed by atoms with Gasteiger partial charge in [-0.25, -0.2) is 0 Å². The standard InChI is InChI=1S/C22H17NO/c1-16-19-14-8-9-15-20(19)22(21(16)24,17-10-4-2-5-11-17)23-18-12-6-3-7-13-18/h2-15,23H,1H2. The van der Waals surface area contributed by atoms with E-state index in [1.165, 1.54) is 0 Å². The van der Waals surface area contributed by atoms with Gasteiger partial charge in [0.25, 0.3) is 0 Å². The molecule has 2 nitrogen and oxygen atoms in total. The Hall–Kier alpha value is -3.13. The number of anilines is 1. The number of nitrogens with one attached hydrogen (secondary N) is 1. The van der Waals surface area contributed by atoms with Crippen LogP contribution in [0.5, 0.6) is 0 Å². The summed E-state index contributed by atoms with van der Waals surface area (Å²) in [6, 6.07) is 27.6. The van der Waals surface area contributed by atoms with Gasteiger partial charge in [0.15, 0.2) is 11.3 Å². The Bertz CT molecular complexity index is 915. The van der Waals surface area contributed by atoms with Crippen molar-refractivity contribution in [1.82, 2.24) is 0 Å². The van der Waals surface area contributed by atoms with E-state index < -0.39 is 5.54 Å². The number of fused-ring (bicyclic) bond motifs is 1. The number of hydrogen-bond donors (Lipinski definition) is 1. The summed E-state index contributed by atoms with van der Waals surface area (Å²) in [6.07, 6.45) is 0. The second-order valence-electron chi connectivity index (χ2n) is 5.96. The average molecular weight is 311 g/mol. The maximum absolute atomic E-state index is 13.3. The van der Waals surface area contributed by atoms with Crippen LogP contribution in [0.15, 0.2) is 91.5 Å². The predicted octanol–water partition coefficient (Wildman–Crippen LogP) is 4.64. The Kier molecular flexibility index (Phi) is 3.31. The van der Waals surface area contributed by atoms with Crippen molar-refractivity contribution in [3.05, 3.63) is 108 Å². The van der Waals surface area contributed by atoms with Gasteiger partial charge in [-0.2, -0.15) is 0 Å². The normalized spacial score (nSPS) is 19.2. The Morgan fingerprint density at radius 3 is 2.04 bits per heavy atom. The van der Waals surface area contributed by atoms with Gasteiger partial charge >= 0.3 is 0 Å². The van der Waals surface area contributed by atoms with E-state index in [9.17, 15) is 4.79 Å². The van der Waals surface area contributed by atoms with Gasteiger partial charge in [-0.05, 0) is 28.8 Å². The monoisotopic (exact) mass is 311 g/mol. The van der Waals surface area contributed by atoms with E-state index in [1.54, 1.807) is 0 Å². The predicted molar refractivity (Wildman–Crippen MR) is 97.8 cm³/mol. The summed E-state index contributed by atoms with van der Waals surface area (Å²) in [5.41, 5.74) is 3.31. The molecule has 0 fully saturated rings. The Morgan fingerprint density at radius 2 is 1.33 bits per heavy atom. The number of Topliss-reactive ketones (excluding diaryl/α,β-unsaturated/α-hetero) is 1. The summed E-state index contributed by atoms with van der Waals surface area (Å²) in [5.74, 6) is -0.00115. The fraction of sp³-hybridized carbons (Fsp3) is 0.0455. The van der Waals surface area contributed by atoms with E-state index in [1.807, 2.05) is 84.9 Å². The number of para-hydroxylation sites is 1. The minimum atomic E-state index is -0.934. The van der Waals surface area contributed by atoms with E-state index in [0.717, 1.165) is 22.4 Å². The second kappa shape index (κ2) is 5.50. The highest BCUT2D eigenvalue weighted by molar-refractivity contribution is 6.31. The molecule has 0 radical (unpaired) electrons. The van der Waals surface area contributed by atoms with Crippen molar-refractivity contribution in [1.29, 1.82) is 0 Å². The van der Waals surface area contributed by atoms with Gasteiger partial charge in [-0.15, -0.1) is 0 Å². The van der Waals surface area contributed by atoms with Crippen LogP contribution in [0.3, 0.4) is 0 Å². The third-order valence-corrected chi connectivity index (χ3v) is 4.58. The van der Waals surface area contributed by atoms with Crippen molar-refractivity contribution >= 4 is 17.0 Å². The quantitative estimate of drug-likeness (QED) is 0.714. The molecule has 24 heavy (non-hydrogen) atoms. The van der Waals surface area contributed by atoms with Gasteiger partial charge < -0.3 is 5.32 Å². The van der Waals surface area contributed by atoms with E-state index >= 15 is 0 Å². The molecule has 3 aromatic carbocycles. The zero-order chi connectivity index (χ0) is 16.6. The Labute approximate surface area is 141 Å². The molecule has 1 atom stereocenters. The SMILES string of the molecule is C=C1C(=O)C(Nc2ccccc2)(c2ccccc2)c2ccccc21. The third kappa shape index (κ3) is 2.00. The van der Waals surface area contributed by atoms with Gasteiger partial charge in [-0.3, -0.25) is 4.79 Å². The topological polar surface area (TPSA) is 29.1 Å². The summed E-state index contributed by atoms with van der Waals surface area (Å²) in [4.78, 5) is 13.3. The summed E-state index contributed by atoms with van der Waals surface area (Å²) >= 11 is 0. The molecule has 0 saturated carbocycles. The molecule has 1 aliphatic rings. The molecule has 0 bridgehead atoms. The lowest BCUT2D eigenvalue weighted by Gasteiger charge is -2.31. The lowest BCUT2D eigenvalue weighted by molar-refractivity contribution is -0.116. The van der Waals surface area contributed by atoms with Crippen molar-refractivity contribution in [3.63, 3.8) is 0 Å². The fourth-order valence-corrected chi connectivity index (χ4v) is 3.45. The van der Waals surface area contributed by atoms with Crippen molar-refractivity contribution < 1.29 is 4.79 Å². The maximum Gasteiger partial charge on any atom is 0.197 e. The molecule has 1 N–H and O–H groups in total. The number of benzene rings is 3. The number of hydrogen-bond acceptors (Lipinski definition) is 2. The van der Waals surface area contributed by atoms with Crippen molar-refractivity contribution in [2.24, 2.45) is 0 Å². The first-order valence-electron chi connectivity index (χ1n) is 7.96. The zero-order valence-electron chi connectivity index (χ0n) is 13.2. The Balaban J connectivity index is 1.99. The minimum absolute atomic E-state index is 0.00115. The van der Waals surface area contributed by atoms with E-state index in [4.69, 9.17) is 0 Å². The number of carbonyl (C=O) groups excluding carboxylic acids is 1. The third-order valence-electron chi connectivity index (χ3n) is 4.58. The highest BCUT2D eigenvalue weighted by Gasteiger charge is 2.49. The lowest BCUT2D eigenvalue weighted by Crippen LogP contribution is -2.41. The van der Waals surface area contributed by atoms with E-state index in [-0.39, 0.29) is 5.78 Å². The van der Waals surface area contributed by atoms with Gasteiger partial charge in [0.2, 0.25) is 0 Å². The molecule has 0 spiro atoms. The molecule has 4 rings (SSSR count). The van der Waals surface area contributed by atoms with Gasteiger partial charge in [0, 0.05) is 11.3 Å². The summed E-state index contributed by atoms with van der Waals surface area (Å²) in [5, 5.41) is 3.50. The molecular weight excluding hydrogens is 294 g/mol. The van der Waals surface area contributed by atoms with Crippen LogP contribution < -0.4 is 5.32 Å². The second-order valence-corrected chi connectivity index (χ2v) is 5.96. The molecule has 1 unspecified atom stereocenters. The largest absolute Gasteiger partial charge is 0.365 e. The molecule has 0 amide bonds. The minimum Gasteiger partial charge on any atom is -0.365 e. The van der Waals surface area contributed by atoms with Crippen LogP contribution in [0.1, 0.15) is 16.7 Å². The molecule has 1 aliphatic carbocycles.